The first-order valence-electron chi connectivity index (χ1n) is 4.26. The fourth-order valence-electron chi connectivity index (χ4n) is 1.27. The van der Waals surface area contributed by atoms with Crippen LogP contribution < -0.4 is 0 Å². The highest BCUT2D eigenvalue weighted by Gasteiger charge is 2.23. The van der Waals surface area contributed by atoms with Gasteiger partial charge in [0.15, 0.2) is 0 Å². The summed E-state index contributed by atoms with van der Waals surface area (Å²) < 4.78 is 15.8. The van der Waals surface area contributed by atoms with Crippen LogP contribution in [0.25, 0.3) is 0 Å². The fraction of sp³-hybridized carbons (Fsp3) is 1.00. The molecule has 0 radical (unpaired) electrons. The lowest BCUT2D eigenvalue weighted by molar-refractivity contribution is 0.0126. The van der Waals surface area contributed by atoms with Gasteiger partial charge in [-0.1, -0.05) is 0 Å². The minimum atomic E-state index is 0.355. The third kappa shape index (κ3) is 2.43. The Morgan fingerprint density at radius 3 is 2.64 bits per heavy atom. The summed E-state index contributed by atoms with van der Waals surface area (Å²) in [4.78, 5) is 0. The highest BCUT2D eigenvalue weighted by Crippen LogP contribution is 2.13. The van der Waals surface area contributed by atoms with Gasteiger partial charge in [-0.15, -0.1) is 0 Å². The van der Waals surface area contributed by atoms with E-state index < -0.39 is 0 Å². The lowest BCUT2D eigenvalue weighted by Crippen LogP contribution is -2.16. The lowest BCUT2D eigenvalue weighted by atomic mass is 10.2. The Morgan fingerprint density at radius 2 is 2.00 bits per heavy atom. The first-order valence-corrected chi connectivity index (χ1v) is 4.26. The molecule has 0 saturated carbocycles. The summed E-state index contributed by atoms with van der Waals surface area (Å²) in [6.45, 7) is 3.29. The molecule has 0 N–H and O–H groups in total. The van der Waals surface area contributed by atoms with Crippen molar-refractivity contribution in [1.29, 1.82) is 0 Å². The average molecular weight is 158 g/mol. The topological polar surface area (TPSA) is 31.0 Å². The number of rotatable bonds is 4. The molecule has 2 aliphatic rings. The van der Waals surface area contributed by atoms with Crippen LogP contribution in [0.4, 0.5) is 0 Å². The van der Waals surface area contributed by atoms with E-state index in [2.05, 4.69) is 0 Å². The fourth-order valence-corrected chi connectivity index (χ4v) is 1.27. The smallest absolute Gasteiger partial charge is 0.104 e. The van der Waals surface area contributed by atoms with Crippen molar-refractivity contribution in [3.8, 4) is 0 Å². The van der Waals surface area contributed by atoms with Gasteiger partial charge in [0.2, 0.25) is 0 Å². The molecular weight excluding hydrogens is 144 g/mol. The Morgan fingerprint density at radius 1 is 1.18 bits per heavy atom. The molecule has 0 spiro atoms. The monoisotopic (exact) mass is 158 g/mol. The van der Waals surface area contributed by atoms with Crippen molar-refractivity contribution in [1.82, 2.24) is 0 Å². The van der Waals surface area contributed by atoms with Crippen molar-refractivity contribution in [2.24, 2.45) is 0 Å². The molecule has 2 fully saturated rings. The van der Waals surface area contributed by atoms with E-state index in [1.54, 1.807) is 0 Å². The third-order valence-electron chi connectivity index (χ3n) is 2.03. The molecular formula is C8H14O3. The Labute approximate surface area is 66.6 Å². The number of ether oxygens (including phenoxy) is 3. The van der Waals surface area contributed by atoms with Gasteiger partial charge in [-0.05, 0) is 12.8 Å². The highest BCUT2D eigenvalue weighted by molar-refractivity contribution is 4.69. The van der Waals surface area contributed by atoms with E-state index in [0.29, 0.717) is 12.2 Å². The third-order valence-corrected chi connectivity index (χ3v) is 2.03. The van der Waals surface area contributed by atoms with Crippen LogP contribution in [0.3, 0.4) is 0 Å². The van der Waals surface area contributed by atoms with Crippen molar-refractivity contribution in [2.45, 2.75) is 25.0 Å². The first-order chi connectivity index (χ1) is 5.45. The van der Waals surface area contributed by atoms with Crippen molar-refractivity contribution >= 4 is 0 Å². The summed E-state index contributed by atoms with van der Waals surface area (Å²) in [5.41, 5.74) is 0. The molecule has 2 atom stereocenters. The zero-order valence-electron chi connectivity index (χ0n) is 6.62. The zero-order chi connectivity index (χ0) is 7.52. The molecule has 0 aromatic heterocycles. The van der Waals surface area contributed by atoms with Crippen LogP contribution in [0.15, 0.2) is 0 Å². The summed E-state index contributed by atoms with van der Waals surface area (Å²) >= 11 is 0. The SMILES string of the molecule is C1CO[C@H](COC[C@@H]2CO2)C1. The summed E-state index contributed by atoms with van der Waals surface area (Å²) in [6.07, 6.45) is 3.09. The maximum Gasteiger partial charge on any atom is 0.104 e. The van der Waals surface area contributed by atoms with E-state index in [1.807, 2.05) is 0 Å². The van der Waals surface area contributed by atoms with Crippen LogP contribution in [-0.2, 0) is 14.2 Å². The first kappa shape index (κ1) is 7.53. The Balaban J connectivity index is 1.51. The number of epoxide rings is 1. The predicted molar refractivity (Wildman–Crippen MR) is 39.5 cm³/mol. The second kappa shape index (κ2) is 3.52. The van der Waals surface area contributed by atoms with Gasteiger partial charge in [0.25, 0.3) is 0 Å². The van der Waals surface area contributed by atoms with Gasteiger partial charge in [-0.25, -0.2) is 0 Å². The molecule has 3 nitrogen and oxygen atoms in total. The summed E-state index contributed by atoms with van der Waals surface area (Å²) in [5, 5.41) is 0. The Hall–Kier alpha value is -0.120. The van der Waals surface area contributed by atoms with Crippen LogP contribution in [0, 0.1) is 0 Å². The molecule has 2 heterocycles. The van der Waals surface area contributed by atoms with E-state index in [1.165, 1.54) is 6.42 Å². The largest absolute Gasteiger partial charge is 0.376 e. The maximum absolute atomic E-state index is 5.39. The van der Waals surface area contributed by atoms with Crippen LogP contribution in [0.2, 0.25) is 0 Å². The molecule has 2 rings (SSSR count). The molecule has 0 amide bonds. The van der Waals surface area contributed by atoms with Crippen molar-refractivity contribution in [3.63, 3.8) is 0 Å². The molecule has 64 valence electrons. The summed E-state index contributed by atoms with van der Waals surface area (Å²) in [6, 6.07) is 0. The standard InChI is InChI=1S/C8H14O3/c1-2-7(10-3-1)4-9-5-8-6-11-8/h7-8H,1-6H2/t7-,8+/m0/s1. The molecule has 0 aliphatic carbocycles. The van der Waals surface area contributed by atoms with Crippen LogP contribution in [0.1, 0.15) is 12.8 Å². The van der Waals surface area contributed by atoms with Gasteiger partial charge in [0.1, 0.15) is 6.10 Å². The molecule has 11 heavy (non-hydrogen) atoms. The van der Waals surface area contributed by atoms with Gasteiger partial charge >= 0.3 is 0 Å². The Bertz CT molecular complexity index is 117. The zero-order valence-corrected chi connectivity index (χ0v) is 6.62. The van der Waals surface area contributed by atoms with Crippen LogP contribution >= 0.6 is 0 Å². The quantitative estimate of drug-likeness (QED) is 0.561. The van der Waals surface area contributed by atoms with E-state index in [9.17, 15) is 0 Å². The molecule has 0 unspecified atom stereocenters. The van der Waals surface area contributed by atoms with Gasteiger partial charge < -0.3 is 14.2 Å². The molecule has 0 aromatic carbocycles. The number of hydrogen-bond acceptors (Lipinski definition) is 3. The predicted octanol–water partition coefficient (Wildman–Crippen LogP) is 0.581. The van der Waals surface area contributed by atoms with Crippen molar-refractivity contribution < 1.29 is 14.2 Å². The van der Waals surface area contributed by atoms with Crippen molar-refractivity contribution in [2.75, 3.05) is 26.4 Å². The summed E-state index contributed by atoms with van der Waals surface area (Å²) in [5.74, 6) is 0. The summed E-state index contributed by atoms with van der Waals surface area (Å²) in [7, 11) is 0. The molecule has 0 bridgehead atoms. The minimum Gasteiger partial charge on any atom is -0.376 e. The van der Waals surface area contributed by atoms with E-state index >= 15 is 0 Å². The second-order valence-electron chi connectivity index (χ2n) is 3.13. The lowest BCUT2D eigenvalue weighted by Gasteiger charge is -2.08. The van der Waals surface area contributed by atoms with Gasteiger partial charge in [-0.3, -0.25) is 0 Å². The maximum atomic E-state index is 5.39. The van der Waals surface area contributed by atoms with Gasteiger partial charge in [0, 0.05) is 6.61 Å². The van der Waals surface area contributed by atoms with Crippen LogP contribution in [0.5, 0.6) is 0 Å². The van der Waals surface area contributed by atoms with Crippen molar-refractivity contribution in [3.05, 3.63) is 0 Å². The minimum absolute atomic E-state index is 0.355. The number of hydrogen-bond donors (Lipinski definition) is 0. The molecule has 3 heteroatoms. The van der Waals surface area contributed by atoms with E-state index in [0.717, 1.165) is 32.8 Å². The molecule has 0 aromatic rings. The second-order valence-corrected chi connectivity index (χ2v) is 3.13. The van der Waals surface area contributed by atoms with E-state index in [-0.39, 0.29) is 0 Å². The highest BCUT2D eigenvalue weighted by atomic mass is 16.6. The molecule has 2 saturated heterocycles. The Kier molecular flexibility index (Phi) is 2.41. The van der Waals surface area contributed by atoms with Gasteiger partial charge in [-0.2, -0.15) is 0 Å². The normalized spacial score (nSPS) is 36.0. The van der Waals surface area contributed by atoms with Crippen LogP contribution in [-0.4, -0.2) is 38.6 Å². The average Bonchev–Trinajstić information content (AvgIpc) is 2.66. The van der Waals surface area contributed by atoms with Gasteiger partial charge in [0.05, 0.1) is 25.9 Å². The van der Waals surface area contributed by atoms with E-state index in [4.69, 9.17) is 14.2 Å². The molecule has 2 aliphatic heterocycles.